The average Bonchev–Trinajstić information content (AvgIpc) is 2.95. The number of nitrogens with zero attached hydrogens (tertiary/aromatic N) is 3. The number of aryl methyl sites for hydroxylation is 1. The topological polar surface area (TPSA) is 55.3 Å². The summed E-state index contributed by atoms with van der Waals surface area (Å²) in [6, 6.07) is 9.69. The van der Waals surface area contributed by atoms with Gasteiger partial charge in [-0.15, -0.1) is 11.3 Å². The van der Waals surface area contributed by atoms with E-state index in [1.165, 1.54) is 17.7 Å². The maximum absolute atomic E-state index is 13.1. The zero-order chi connectivity index (χ0) is 17.1. The van der Waals surface area contributed by atoms with Crippen molar-refractivity contribution in [2.75, 3.05) is 18.1 Å². The van der Waals surface area contributed by atoms with Crippen molar-refractivity contribution in [3.8, 4) is 5.88 Å². The van der Waals surface area contributed by atoms with Crippen molar-refractivity contribution >= 4 is 33.1 Å². The van der Waals surface area contributed by atoms with Gasteiger partial charge in [0.25, 0.3) is 5.91 Å². The second-order valence-corrected chi connectivity index (χ2v) is 6.23. The molecule has 0 spiro atoms. The van der Waals surface area contributed by atoms with Crippen LogP contribution in [0.25, 0.3) is 10.2 Å². The molecule has 2 heterocycles. The minimum atomic E-state index is -0.0216. The fourth-order valence-corrected chi connectivity index (χ4v) is 3.75. The number of amides is 1. The quantitative estimate of drug-likeness (QED) is 0.702. The Kier molecular flexibility index (Phi) is 4.76. The summed E-state index contributed by atoms with van der Waals surface area (Å²) in [6.07, 6.45) is 1.48. The number of hydrogen-bond acceptors (Lipinski definition) is 5. The van der Waals surface area contributed by atoms with E-state index in [0.29, 0.717) is 23.9 Å². The third-order valence-corrected chi connectivity index (χ3v) is 4.98. The second-order valence-electron chi connectivity index (χ2n) is 5.23. The number of para-hydroxylation sites is 1. The van der Waals surface area contributed by atoms with Crippen LogP contribution in [0, 0.1) is 6.92 Å². The van der Waals surface area contributed by atoms with Crippen molar-refractivity contribution in [3.05, 3.63) is 47.1 Å². The van der Waals surface area contributed by atoms with Crippen LogP contribution in [-0.2, 0) is 0 Å². The Morgan fingerprint density at radius 2 is 1.96 bits per heavy atom. The number of ether oxygens (including phenoxy) is 1. The van der Waals surface area contributed by atoms with E-state index in [1.54, 1.807) is 4.90 Å². The molecule has 1 aromatic carbocycles. The van der Waals surface area contributed by atoms with E-state index in [9.17, 15) is 4.79 Å². The molecule has 124 valence electrons. The largest absolute Gasteiger partial charge is 0.477 e. The summed E-state index contributed by atoms with van der Waals surface area (Å²) in [5, 5.41) is 0.830. The maximum atomic E-state index is 13.1. The molecule has 2 aromatic heterocycles. The molecule has 0 radical (unpaired) electrons. The minimum Gasteiger partial charge on any atom is -0.477 e. The maximum Gasteiger partial charge on any atom is 0.268 e. The zero-order valence-corrected chi connectivity index (χ0v) is 14.8. The number of hydrogen-bond donors (Lipinski definition) is 0. The third-order valence-electron chi connectivity index (χ3n) is 3.80. The Labute approximate surface area is 144 Å². The van der Waals surface area contributed by atoms with E-state index in [-0.39, 0.29) is 5.91 Å². The number of rotatable bonds is 5. The predicted octanol–water partition coefficient (Wildman–Crippen LogP) is 4.07. The first kappa shape index (κ1) is 16.4. The fourth-order valence-electron chi connectivity index (χ4n) is 2.66. The minimum absolute atomic E-state index is 0.0216. The molecular weight excluding hydrogens is 322 g/mol. The Bertz CT molecular complexity index is 861. The number of benzene rings is 1. The van der Waals surface area contributed by atoms with Gasteiger partial charge in [-0.2, -0.15) is 0 Å². The van der Waals surface area contributed by atoms with Gasteiger partial charge in [0.05, 0.1) is 16.9 Å². The molecule has 0 saturated heterocycles. The van der Waals surface area contributed by atoms with E-state index in [4.69, 9.17) is 4.74 Å². The van der Waals surface area contributed by atoms with Crippen LogP contribution in [-0.4, -0.2) is 29.0 Å². The normalized spacial score (nSPS) is 10.8. The van der Waals surface area contributed by atoms with Gasteiger partial charge in [0.2, 0.25) is 5.88 Å². The lowest BCUT2D eigenvalue weighted by Gasteiger charge is -2.20. The van der Waals surface area contributed by atoms with Crippen LogP contribution < -0.4 is 9.64 Å². The number of thiophene rings is 1. The third kappa shape index (κ3) is 2.85. The first-order valence-electron chi connectivity index (χ1n) is 7.91. The second kappa shape index (κ2) is 6.97. The molecule has 0 aliphatic carbocycles. The summed E-state index contributed by atoms with van der Waals surface area (Å²) in [6.45, 7) is 6.93. The summed E-state index contributed by atoms with van der Waals surface area (Å²) < 4.78 is 5.60. The molecule has 3 aromatic rings. The Hall–Kier alpha value is -2.47. The van der Waals surface area contributed by atoms with Gasteiger partial charge in [-0.1, -0.05) is 18.2 Å². The molecule has 24 heavy (non-hydrogen) atoms. The molecular formula is C18H19N3O2S. The Balaban J connectivity index is 2.07. The van der Waals surface area contributed by atoms with Crippen molar-refractivity contribution in [2.45, 2.75) is 20.8 Å². The van der Waals surface area contributed by atoms with Gasteiger partial charge in [0, 0.05) is 12.2 Å². The molecule has 0 fully saturated rings. The molecule has 5 nitrogen and oxygen atoms in total. The van der Waals surface area contributed by atoms with Crippen LogP contribution in [0.4, 0.5) is 5.69 Å². The van der Waals surface area contributed by atoms with Gasteiger partial charge in [-0.05, 0) is 38.5 Å². The SMILES string of the molecule is CCOc1ncnc2sc(C(=O)N(CC)c3ccccc3)c(C)c12. The monoisotopic (exact) mass is 341 g/mol. The molecule has 0 bridgehead atoms. The smallest absolute Gasteiger partial charge is 0.268 e. The van der Waals surface area contributed by atoms with Gasteiger partial charge in [-0.3, -0.25) is 4.79 Å². The van der Waals surface area contributed by atoms with Crippen molar-refractivity contribution < 1.29 is 9.53 Å². The fraction of sp³-hybridized carbons (Fsp3) is 0.278. The summed E-state index contributed by atoms with van der Waals surface area (Å²) in [5.41, 5.74) is 1.76. The summed E-state index contributed by atoms with van der Waals surface area (Å²) >= 11 is 1.39. The molecule has 0 N–H and O–H groups in total. The standard InChI is InChI=1S/C18H19N3O2S/c1-4-21(13-9-7-6-8-10-13)18(22)15-12(3)14-16(23-5-2)19-11-20-17(14)24-15/h6-11H,4-5H2,1-3H3. The van der Waals surface area contributed by atoms with Crippen molar-refractivity contribution in [1.82, 2.24) is 9.97 Å². The van der Waals surface area contributed by atoms with Gasteiger partial charge in [-0.25, -0.2) is 9.97 Å². The van der Waals surface area contributed by atoms with Crippen LogP contribution in [0.15, 0.2) is 36.7 Å². The summed E-state index contributed by atoms with van der Waals surface area (Å²) in [4.78, 5) is 24.8. The molecule has 0 atom stereocenters. The van der Waals surface area contributed by atoms with E-state index in [1.807, 2.05) is 51.1 Å². The number of aromatic nitrogens is 2. The summed E-state index contributed by atoms with van der Waals surface area (Å²) in [5.74, 6) is 0.518. The van der Waals surface area contributed by atoms with Gasteiger partial charge >= 0.3 is 0 Å². The molecule has 0 saturated carbocycles. The molecule has 0 aliphatic rings. The van der Waals surface area contributed by atoms with Crippen LogP contribution in [0.5, 0.6) is 5.88 Å². The van der Waals surface area contributed by atoms with Crippen molar-refractivity contribution in [1.29, 1.82) is 0 Å². The van der Waals surface area contributed by atoms with E-state index < -0.39 is 0 Å². The molecule has 6 heteroatoms. The molecule has 0 aliphatic heterocycles. The number of carbonyl (C=O) groups excluding carboxylic acids is 1. The molecule has 0 unspecified atom stereocenters. The van der Waals surface area contributed by atoms with Crippen LogP contribution in [0.3, 0.4) is 0 Å². The van der Waals surface area contributed by atoms with Crippen LogP contribution >= 0.6 is 11.3 Å². The highest BCUT2D eigenvalue weighted by Gasteiger charge is 2.24. The van der Waals surface area contributed by atoms with Gasteiger partial charge in [0.15, 0.2) is 0 Å². The van der Waals surface area contributed by atoms with E-state index in [2.05, 4.69) is 9.97 Å². The van der Waals surface area contributed by atoms with Gasteiger partial charge < -0.3 is 9.64 Å². The highest BCUT2D eigenvalue weighted by molar-refractivity contribution is 7.20. The number of carbonyl (C=O) groups is 1. The first-order chi connectivity index (χ1) is 11.7. The summed E-state index contributed by atoms with van der Waals surface area (Å²) in [7, 11) is 0. The number of fused-ring (bicyclic) bond motifs is 1. The lowest BCUT2D eigenvalue weighted by atomic mass is 10.2. The van der Waals surface area contributed by atoms with Crippen molar-refractivity contribution in [2.24, 2.45) is 0 Å². The highest BCUT2D eigenvalue weighted by Crippen LogP contribution is 2.35. The van der Waals surface area contributed by atoms with Gasteiger partial charge in [0.1, 0.15) is 11.2 Å². The number of anilines is 1. The molecule has 3 rings (SSSR count). The molecule has 1 amide bonds. The highest BCUT2D eigenvalue weighted by atomic mass is 32.1. The lowest BCUT2D eigenvalue weighted by molar-refractivity contribution is 0.0992. The van der Waals surface area contributed by atoms with Crippen LogP contribution in [0.1, 0.15) is 29.1 Å². The predicted molar refractivity (Wildman–Crippen MR) is 97.1 cm³/mol. The lowest BCUT2D eigenvalue weighted by Crippen LogP contribution is -2.30. The average molecular weight is 341 g/mol. The van der Waals surface area contributed by atoms with E-state index in [0.717, 1.165) is 21.5 Å². The Morgan fingerprint density at radius 1 is 1.21 bits per heavy atom. The van der Waals surface area contributed by atoms with E-state index >= 15 is 0 Å². The van der Waals surface area contributed by atoms with Crippen LogP contribution in [0.2, 0.25) is 0 Å². The Morgan fingerprint density at radius 3 is 2.62 bits per heavy atom. The zero-order valence-electron chi connectivity index (χ0n) is 13.9. The first-order valence-corrected chi connectivity index (χ1v) is 8.72. The van der Waals surface area contributed by atoms with Crippen molar-refractivity contribution in [3.63, 3.8) is 0 Å².